The minimum Gasteiger partial charge on any atom is -0.276 e. The molecule has 0 unspecified atom stereocenters. The summed E-state index contributed by atoms with van der Waals surface area (Å²) in [7, 11) is 0. The summed E-state index contributed by atoms with van der Waals surface area (Å²) in [5.74, 6) is 0. The smallest absolute Gasteiger partial charge is 0.0976 e. The number of rotatable bonds is 0. The third kappa shape index (κ3) is 0.579. The lowest BCUT2D eigenvalue weighted by Gasteiger charge is -1.90. The highest BCUT2D eigenvalue weighted by Gasteiger charge is 1.99. The molecule has 9 heavy (non-hydrogen) atoms. The van der Waals surface area contributed by atoms with Crippen LogP contribution in [0.3, 0.4) is 0 Å². The maximum Gasteiger partial charge on any atom is 0.0976 e. The van der Waals surface area contributed by atoms with Gasteiger partial charge in [0.05, 0.1) is 17.6 Å². The van der Waals surface area contributed by atoms with Crippen LogP contribution < -0.4 is 0 Å². The highest BCUT2D eigenvalue weighted by Crippen LogP contribution is 2.11. The number of nitrogens with zero attached hydrogens (tertiary/aromatic N) is 2. The third-order valence-corrected chi connectivity index (χ3v) is 1.15. The minimum atomic E-state index is 0.838. The molecule has 2 aliphatic heterocycles. The number of H-pyrrole nitrogens is 1. The van der Waals surface area contributed by atoms with Crippen molar-refractivity contribution in [2.24, 2.45) is 0 Å². The Morgan fingerprint density at radius 3 is 3.44 bits per heavy atom. The molecule has 0 amide bonds. The first-order valence-corrected chi connectivity index (χ1v) is 2.62. The van der Waals surface area contributed by atoms with E-state index in [4.69, 9.17) is 0 Å². The molecule has 0 saturated heterocycles. The van der Waals surface area contributed by atoms with Gasteiger partial charge in [-0.25, -0.2) is 0 Å². The standard InChI is InChI=1S/C6H4N3/c1-3-7-5-2-4-8-9-6(1)5/h1,3-4,9H. The van der Waals surface area contributed by atoms with Crippen molar-refractivity contribution in [2.75, 3.05) is 0 Å². The van der Waals surface area contributed by atoms with Gasteiger partial charge in [0.2, 0.25) is 0 Å². The number of hydrogen-bond acceptors (Lipinski definition) is 2. The first kappa shape index (κ1) is 4.49. The Hall–Kier alpha value is -1.38. The van der Waals surface area contributed by atoms with Gasteiger partial charge in [0, 0.05) is 12.3 Å². The van der Waals surface area contributed by atoms with Crippen LogP contribution in [0.15, 0.2) is 18.5 Å². The van der Waals surface area contributed by atoms with Gasteiger partial charge in [0.25, 0.3) is 0 Å². The van der Waals surface area contributed by atoms with Gasteiger partial charge in [0.15, 0.2) is 0 Å². The molecule has 2 aliphatic rings. The van der Waals surface area contributed by atoms with E-state index >= 15 is 0 Å². The van der Waals surface area contributed by atoms with Crippen LogP contribution in [-0.2, 0) is 0 Å². The topological polar surface area (TPSA) is 41.6 Å². The highest BCUT2D eigenvalue weighted by molar-refractivity contribution is 5.53. The van der Waals surface area contributed by atoms with Gasteiger partial charge in [-0.15, -0.1) is 0 Å². The molecule has 0 aromatic carbocycles. The molecule has 1 radical (unpaired) electrons. The van der Waals surface area contributed by atoms with Gasteiger partial charge in [-0.3, -0.25) is 10.1 Å². The Morgan fingerprint density at radius 1 is 1.56 bits per heavy atom. The van der Waals surface area contributed by atoms with Gasteiger partial charge in [-0.2, -0.15) is 5.10 Å². The van der Waals surface area contributed by atoms with E-state index in [0.29, 0.717) is 0 Å². The quantitative estimate of drug-likeness (QED) is 0.553. The Balaban J connectivity index is 2.79. The molecule has 43 valence electrons. The zero-order valence-corrected chi connectivity index (χ0v) is 4.63. The molecular weight excluding hydrogens is 114 g/mol. The molecule has 0 aromatic rings. The zero-order chi connectivity index (χ0) is 6.10. The van der Waals surface area contributed by atoms with E-state index < -0.39 is 0 Å². The number of nitrogens with one attached hydrogen (secondary N) is 1. The van der Waals surface area contributed by atoms with E-state index in [-0.39, 0.29) is 0 Å². The van der Waals surface area contributed by atoms with Gasteiger partial charge in [-0.05, 0) is 6.07 Å². The van der Waals surface area contributed by atoms with Crippen molar-refractivity contribution in [1.29, 1.82) is 0 Å². The van der Waals surface area contributed by atoms with Gasteiger partial charge >= 0.3 is 0 Å². The van der Waals surface area contributed by atoms with Crippen LogP contribution in [0, 0.1) is 6.07 Å². The fourth-order valence-corrected chi connectivity index (χ4v) is 0.735. The summed E-state index contributed by atoms with van der Waals surface area (Å²) < 4.78 is 0. The average Bonchev–Trinajstić information content (AvgIpc) is 2.33. The molecule has 0 fully saturated rings. The fraction of sp³-hybridized carbons (Fsp3) is 0. The Kier molecular flexibility index (Phi) is 0.773. The van der Waals surface area contributed by atoms with E-state index in [2.05, 4.69) is 21.2 Å². The lowest BCUT2D eigenvalue weighted by atomic mass is 10.3. The van der Waals surface area contributed by atoms with Crippen LogP contribution in [0.4, 0.5) is 0 Å². The largest absolute Gasteiger partial charge is 0.276 e. The van der Waals surface area contributed by atoms with E-state index in [1.807, 2.05) is 6.07 Å². The lowest BCUT2D eigenvalue weighted by molar-refractivity contribution is 1.03. The van der Waals surface area contributed by atoms with Crippen molar-refractivity contribution in [1.82, 2.24) is 15.2 Å². The number of aromatic amines is 1. The predicted molar refractivity (Wildman–Crippen MR) is 31.8 cm³/mol. The molecular formula is C6H4N3. The summed E-state index contributed by atoms with van der Waals surface area (Å²) >= 11 is 0. The summed E-state index contributed by atoms with van der Waals surface area (Å²) in [6.45, 7) is 0. The second-order valence-corrected chi connectivity index (χ2v) is 1.72. The maximum absolute atomic E-state index is 3.99. The van der Waals surface area contributed by atoms with Crippen LogP contribution in [0.1, 0.15) is 0 Å². The molecule has 3 nitrogen and oxygen atoms in total. The van der Waals surface area contributed by atoms with Crippen molar-refractivity contribution >= 4 is 0 Å². The number of aromatic nitrogens is 3. The Labute approximate surface area is 52.1 Å². The summed E-state index contributed by atoms with van der Waals surface area (Å²) in [5.41, 5.74) is 1.77. The van der Waals surface area contributed by atoms with E-state index in [9.17, 15) is 0 Å². The molecule has 0 aliphatic carbocycles. The normalized spacial score (nSPS) is 10.2. The molecule has 2 heterocycles. The Morgan fingerprint density at radius 2 is 2.56 bits per heavy atom. The summed E-state index contributed by atoms with van der Waals surface area (Å²) in [6, 6.07) is 4.74. The van der Waals surface area contributed by atoms with Crippen LogP contribution >= 0.6 is 0 Å². The summed E-state index contributed by atoms with van der Waals surface area (Å²) in [6.07, 6.45) is 3.29. The fourth-order valence-electron chi connectivity index (χ4n) is 0.735. The first-order valence-electron chi connectivity index (χ1n) is 2.62. The summed E-state index contributed by atoms with van der Waals surface area (Å²) in [5, 5.41) is 6.55. The van der Waals surface area contributed by atoms with Crippen molar-refractivity contribution in [2.45, 2.75) is 0 Å². The van der Waals surface area contributed by atoms with Crippen molar-refractivity contribution in [3.05, 3.63) is 24.5 Å². The highest BCUT2D eigenvalue weighted by atomic mass is 15.1. The molecule has 1 N–H and O–H groups in total. The predicted octanol–water partition coefficient (Wildman–Crippen LogP) is 0.710. The van der Waals surface area contributed by atoms with Crippen LogP contribution in [0.25, 0.3) is 11.4 Å². The molecule has 3 heteroatoms. The average molecular weight is 118 g/mol. The summed E-state index contributed by atoms with van der Waals surface area (Å²) in [4.78, 5) is 3.99. The maximum atomic E-state index is 3.99. The van der Waals surface area contributed by atoms with Crippen molar-refractivity contribution < 1.29 is 0 Å². The van der Waals surface area contributed by atoms with Crippen LogP contribution in [0.2, 0.25) is 0 Å². The second kappa shape index (κ2) is 1.55. The second-order valence-electron chi connectivity index (χ2n) is 1.72. The monoisotopic (exact) mass is 118 g/mol. The Bertz CT molecular complexity index is 248. The van der Waals surface area contributed by atoms with Crippen molar-refractivity contribution in [3.63, 3.8) is 0 Å². The molecule has 0 atom stereocenters. The molecule has 2 rings (SSSR count). The van der Waals surface area contributed by atoms with Gasteiger partial charge in [-0.1, -0.05) is 0 Å². The van der Waals surface area contributed by atoms with Crippen LogP contribution in [-0.4, -0.2) is 15.2 Å². The SMILES string of the molecule is [c]1cn[nH]c2ccnc1-2. The van der Waals surface area contributed by atoms with Crippen molar-refractivity contribution in [3.8, 4) is 11.4 Å². The van der Waals surface area contributed by atoms with E-state index in [1.165, 1.54) is 0 Å². The molecule has 0 aromatic heterocycles. The van der Waals surface area contributed by atoms with Gasteiger partial charge < -0.3 is 0 Å². The third-order valence-electron chi connectivity index (χ3n) is 1.15. The zero-order valence-electron chi connectivity index (χ0n) is 4.63. The first-order chi connectivity index (χ1) is 4.47. The van der Waals surface area contributed by atoms with Gasteiger partial charge in [0.1, 0.15) is 0 Å². The minimum absolute atomic E-state index is 0.838. The van der Waals surface area contributed by atoms with E-state index in [0.717, 1.165) is 11.4 Å². The number of fused-ring (bicyclic) bond motifs is 1. The molecule has 0 spiro atoms. The number of hydrogen-bond donors (Lipinski definition) is 1. The molecule has 0 saturated carbocycles. The molecule has 0 bridgehead atoms. The van der Waals surface area contributed by atoms with Crippen LogP contribution in [0.5, 0.6) is 0 Å². The lowest BCUT2D eigenvalue weighted by Crippen LogP contribution is -1.83. The van der Waals surface area contributed by atoms with E-state index in [1.54, 1.807) is 12.4 Å².